The van der Waals surface area contributed by atoms with Crippen LogP contribution in [0.15, 0.2) is 76.7 Å². The Hall–Kier alpha value is -3.40. The van der Waals surface area contributed by atoms with Gasteiger partial charge in [-0.2, -0.15) is 0 Å². The van der Waals surface area contributed by atoms with Crippen LogP contribution in [0.5, 0.6) is 11.5 Å². The van der Waals surface area contributed by atoms with Gasteiger partial charge in [-0.1, -0.05) is 48.5 Å². The smallest absolute Gasteiger partial charge is 0.123 e. The average molecular weight is 439 g/mol. The Kier molecular flexibility index (Phi) is 6.52. The monoisotopic (exact) mass is 438 g/mol. The van der Waals surface area contributed by atoms with Crippen molar-refractivity contribution < 1.29 is 9.47 Å². The van der Waals surface area contributed by atoms with Gasteiger partial charge < -0.3 is 9.47 Å². The van der Waals surface area contributed by atoms with Crippen LogP contribution in [0.4, 0.5) is 0 Å². The summed E-state index contributed by atoms with van der Waals surface area (Å²) >= 11 is 0. The summed E-state index contributed by atoms with van der Waals surface area (Å²) in [5.41, 5.74) is 8.32. The molecular weight excluding hydrogens is 408 g/mol. The fourth-order valence-corrected chi connectivity index (χ4v) is 4.35. The minimum atomic E-state index is 0.529. The number of rotatable bonds is 8. The lowest BCUT2D eigenvalue weighted by molar-refractivity contribution is 0.289. The largest absolute Gasteiger partial charge is 0.489 e. The molecule has 5 rings (SSSR count). The van der Waals surface area contributed by atoms with E-state index in [1.807, 2.05) is 18.2 Å². The Bertz CT molecular complexity index is 1070. The van der Waals surface area contributed by atoms with E-state index in [2.05, 4.69) is 65.4 Å². The molecule has 0 aliphatic carbocycles. The molecule has 2 aliphatic rings. The first-order valence-corrected chi connectivity index (χ1v) is 11.9. The van der Waals surface area contributed by atoms with Gasteiger partial charge in [0.1, 0.15) is 24.7 Å². The highest BCUT2D eigenvalue weighted by Crippen LogP contribution is 2.25. The van der Waals surface area contributed by atoms with Crippen molar-refractivity contribution in [3.8, 4) is 11.5 Å². The minimum absolute atomic E-state index is 0.529. The van der Waals surface area contributed by atoms with E-state index in [1.54, 1.807) is 0 Å². The van der Waals surface area contributed by atoms with Crippen LogP contribution in [0, 0.1) is 6.92 Å². The zero-order valence-corrected chi connectivity index (χ0v) is 19.2. The summed E-state index contributed by atoms with van der Waals surface area (Å²) in [5, 5.41) is 0. The second kappa shape index (κ2) is 10.0. The van der Waals surface area contributed by atoms with Crippen LogP contribution in [-0.4, -0.2) is 24.5 Å². The SMILES string of the molecule is Cc1cc(OCc2ccc(C3=NCCC3)cc2)cc(OCc2ccc(C3=NCCC3)cc2)c1. The normalized spacial score (nSPS) is 15.3. The highest BCUT2D eigenvalue weighted by molar-refractivity contribution is 6.02. The number of aliphatic imine (C=N–C) groups is 2. The highest BCUT2D eigenvalue weighted by Gasteiger charge is 2.10. The van der Waals surface area contributed by atoms with E-state index in [0.717, 1.165) is 54.1 Å². The van der Waals surface area contributed by atoms with Gasteiger partial charge in [0.05, 0.1) is 0 Å². The van der Waals surface area contributed by atoms with E-state index in [9.17, 15) is 0 Å². The number of aryl methyl sites for hydroxylation is 1. The molecule has 0 spiro atoms. The van der Waals surface area contributed by atoms with Gasteiger partial charge in [0.15, 0.2) is 0 Å². The first-order valence-electron chi connectivity index (χ1n) is 11.9. The second-order valence-electron chi connectivity index (χ2n) is 8.82. The van der Waals surface area contributed by atoms with Crippen LogP contribution in [0.3, 0.4) is 0 Å². The van der Waals surface area contributed by atoms with E-state index < -0.39 is 0 Å². The lowest BCUT2D eigenvalue weighted by atomic mass is 10.1. The standard InChI is InChI=1S/C29H30N2O2/c1-21-16-26(32-19-22-6-10-24(11-7-22)28-4-2-14-30-28)18-27(17-21)33-20-23-8-12-25(13-9-23)29-5-3-15-31-29/h6-13,16-18H,2-5,14-15,19-20H2,1H3. The zero-order chi connectivity index (χ0) is 22.5. The third-order valence-corrected chi connectivity index (χ3v) is 6.16. The molecule has 2 heterocycles. The summed E-state index contributed by atoms with van der Waals surface area (Å²) in [6.45, 7) is 5.04. The minimum Gasteiger partial charge on any atom is -0.489 e. The molecule has 0 saturated carbocycles. The Balaban J connectivity index is 1.17. The lowest BCUT2D eigenvalue weighted by Gasteiger charge is -2.12. The molecule has 0 unspecified atom stereocenters. The molecule has 2 aliphatic heterocycles. The van der Waals surface area contributed by atoms with Gasteiger partial charge in [-0.15, -0.1) is 0 Å². The van der Waals surface area contributed by atoms with Gasteiger partial charge in [0.2, 0.25) is 0 Å². The molecule has 3 aromatic rings. The van der Waals surface area contributed by atoms with Gasteiger partial charge in [-0.05, 0) is 72.6 Å². The van der Waals surface area contributed by atoms with Gasteiger partial charge in [0, 0.05) is 30.6 Å². The highest BCUT2D eigenvalue weighted by atomic mass is 16.5. The van der Waals surface area contributed by atoms with Gasteiger partial charge in [-0.25, -0.2) is 0 Å². The Morgan fingerprint density at radius 3 is 1.48 bits per heavy atom. The van der Waals surface area contributed by atoms with Gasteiger partial charge >= 0.3 is 0 Å². The summed E-state index contributed by atoms with van der Waals surface area (Å²) in [6.07, 6.45) is 4.50. The molecule has 0 aromatic heterocycles. The number of ether oxygens (including phenoxy) is 2. The maximum Gasteiger partial charge on any atom is 0.123 e. The number of hydrogen-bond acceptors (Lipinski definition) is 4. The molecule has 3 aromatic carbocycles. The fraction of sp³-hybridized carbons (Fsp3) is 0.310. The van der Waals surface area contributed by atoms with Crippen molar-refractivity contribution >= 4 is 11.4 Å². The van der Waals surface area contributed by atoms with Crippen LogP contribution in [0.25, 0.3) is 0 Å². The van der Waals surface area contributed by atoms with Crippen LogP contribution < -0.4 is 9.47 Å². The molecule has 168 valence electrons. The lowest BCUT2D eigenvalue weighted by Crippen LogP contribution is -2.01. The Morgan fingerprint density at radius 2 is 1.09 bits per heavy atom. The van der Waals surface area contributed by atoms with E-state index in [-0.39, 0.29) is 0 Å². The second-order valence-corrected chi connectivity index (χ2v) is 8.82. The van der Waals surface area contributed by atoms with Gasteiger partial charge in [0.25, 0.3) is 0 Å². The van der Waals surface area contributed by atoms with Crippen molar-refractivity contribution in [1.82, 2.24) is 0 Å². The predicted molar refractivity (Wildman–Crippen MR) is 134 cm³/mol. The molecule has 4 nitrogen and oxygen atoms in total. The Labute approximate surface area is 196 Å². The summed E-state index contributed by atoms with van der Waals surface area (Å²) in [7, 11) is 0. The van der Waals surface area contributed by atoms with Crippen LogP contribution in [0.1, 0.15) is 53.5 Å². The molecule has 0 atom stereocenters. The van der Waals surface area contributed by atoms with Crippen LogP contribution in [-0.2, 0) is 13.2 Å². The molecule has 0 fully saturated rings. The fourth-order valence-electron chi connectivity index (χ4n) is 4.35. The number of hydrogen-bond donors (Lipinski definition) is 0. The van der Waals surface area contributed by atoms with Crippen LogP contribution >= 0.6 is 0 Å². The van der Waals surface area contributed by atoms with Crippen molar-refractivity contribution in [2.24, 2.45) is 9.98 Å². The molecule has 0 bridgehead atoms. The summed E-state index contributed by atoms with van der Waals surface area (Å²) < 4.78 is 12.2. The third-order valence-electron chi connectivity index (χ3n) is 6.16. The van der Waals surface area contributed by atoms with E-state index in [0.29, 0.717) is 13.2 Å². The molecule has 0 radical (unpaired) electrons. The number of nitrogens with zero attached hydrogens (tertiary/aromatic N) is 2. The Morgan fingerprint density at radius 1 is 0.636 bits per heavy atom. The molecule has 0 amide bonds. The predicted octanol–water partition coefficient (Wildman–Crippen LogP) is 6.32. The van der Waals surface area contributed by atoms with Crippen molar-refractivity contribution in [2.45, 2.75) is 45.8 Å². The average Bonchev–Trinajstić information content (AvgIpc) is 3.57. The van der Waals surface area contributed by atoms with Crippen LogP contribution in [0.2, 0.25) is 0 Å². The van der Waals surface area contributed by atoms with Crippen molar-refractivity contribution in [3.05, 3.63) is 94.5 Å². The summed E-state index contributed by atoms with van der Waals surface area (Å²) in [6, 6.07) is 23.2. The maximum atomic E-state index is 6.08. The topological polar surface area (TPSA) is 43.2 Å². The summed E-state index contributed by atoms with van der Waals surface area (Å²) in [5.74, 6) is 1.65. The molecule has 4 heteroatoms. The maximum absolute atomic E-state index is 6.08. The summed E-state index contributed by atoms with van der Waals surface area (Å²) in [4.78, 5) is 9.15. The molecular formula is C29H30N2O2. The van der Waals surface area contributed by atoms with Crippen molar-refractivity contribution in [1.29, 1.82) is 0 Å². The first kappa shape index (κ1) is 21.4. The van der Waals surface area contributed by atoms with E-state index in [4.69, 9.17) is 9.47 Å². The molecule has 0 N–H and O–H groups in total. The quantitative estimate of drug-likeness (QED) is 0.413. The third kappa shape index (κ3) is 5.51. The number of benzene rings is 3. The molecule has 33 heavy (non-hydrogen) atoms. The van der Waals surface area contributed by atoms with Gasteiger partial charge in [-0.3, -0.25) is 9.98 Å². The zero-order valence-electron chi connectivity index (χ0n) is 19.2. The van der Waals surface area contributed by atoms with Crippen molar-refractivity contribution in [3.63, 3.8) is 0 Å². The molecule has 0 saturated heterocycles. The van der Waals surface area contributed by atoms with E-state index in [1.165, 1.54) is 35.4 Å². The van der Waals surface area contributed by atoms with Crippen molar-refractivity contribution in [2.75, 3.05) is 13.1 Å². The van der Waals surface area contributed by atoms with E-state index >= 15 is 0 Å². The first-order chi connectivity index (χ1) is 16.2.